The van der Waals surface area contributed by atoms with Gasteiger partial charge in [0.2, 0.25) is 0 Å². The second kappa shape index (κ2) is 5.72. The zero-order valence-corrected chi connectivity index (χ0v) is 9.96. The summed E-state index contributed by atoms with van der Waals surface area (Å²) in [5.74, 6) is 0. The minimum Gasteiger partial charge on any atom is -0.440 e. The quantitative estimate of drug-likeness (QED) is 0.863. The zero-order valence-electron chi connectivity index (χ0n) is 9.14. The van der Waals surface area contributed by atoms with Crippen molar-refractivity contribution in [2.75, 3.05) is 6.54 Å². The Bertz CT molecular complexity index is 411. The normalized spacial score (nSPS) is 10.6. The molecular weight excluding hydrogens is 220 g/mol. The van der Waals surface area contributed by atoms with E-state index < -0.39 is 0 Å². The van der Waals surface area contributed by atoms with E-state index in [1.165, 1.54) is 17.3 Å². The molecule has 0 unspecified atom stereocenters. The molecule has 0 aliphatic carbocycles. The highest BCUT2D eigenvalue weighted by atomic mass is 32.2. The average molecular weight is 234 g/mol. The third-order valence-electron chi connectivity index (χ3n) is 2.12. The van der Waals surface area contributed by atoms with E-state index >= 15 is 0 Å². The zero-order chi connectivity index (χ0) is 11.2. The van der Waals surface area contributed by atoms with E-state index in [9.17, 15) is 0 Å². The van der Waals surface area contributed by atoms with Crippen molar-refractivity contribution in [3.63, 3.8) is 0 Å². The van der Waals surface area contributed by atoms with Crippen molar-refractivity contribution in [1.29, 1.82) is 0 Å². The molecule has 1 heterocycles. The van der Waals surface area contributed by atoms with Crippen molar-refractivity contribution in [2.45, 2.75) is 23.6 Å². The van der Waals surface area contributed by atoms with Gasteiger partial charge in [-0.25, -0.2) is 4.98 Å². The van der Waals surface area contributed by atoms with E-state index in [1.807, 2.05) is 0 Å². The van der Waals surface area contributed by atoms with Crippen LogP contribution in [0.5, 0.6) is 0 Å². The molecule has 0 radical (unpaired) electrons. The van der Waals surface area contributed by atoms with Crippen LogP contribution in [0.15, 0.2) is 51.3 Å². The van der Waals surface area contributed by atoms with Crippen LogP contribution in [-0.4, -0.2) is 11.5 Å². The summed E-state index contributed by atoms with van der Waals surface area (Å²) in [4.78, 5) is 5.21. The predicted octanol–water partition coefficient (Wildman–Crippen LogP) is 2.94. The Morgan fingerprint density at radius 2 is 2.12 bits per heavy atom. The number of benzene rings is 1. The predicted molar refractivity (Wildman–Crippen MR) is 64.4 cm³/mol. The number of hydrogen-bond acceptors (Lipinski definition) is 4. The van der Waals surface area contributed by atoms with Gasteiger partial charge in [-0.3, -0.25) is 0 Å². The van der Waals surface area contributed by atoms with Gasteiger partial charge in [-0.2, -0.15) is 0 Å². The third-order valence-corrected chi connectivity index (χ3v) is 3.00. The van der Waals surface area contributed by atoms with Crippen molar-refractivity contribution in [1.82, 2.24) is 10.3 Å². The van der Waals surface area contributed by atoms with E-state index in [-0.39, 0.29) is 0 Å². The molecule has 0 aliphatic rings. The Kier molecular flexibility index (Phi) is 4.02. The van der Waals surface area contributed by atoms with Gasteiger partial charge in [-0.05, 0) is 36.0 Å². The summed E-state index contributed by atoms with van der Waals surface area (Å²) in [5.41, 5.74) is 1.29. The Balaban J connectivity index is 1.96. The largest absolute Gasteiger partial charge is 0.440 e. The molecule has 16 heavy (non-hydrogen) atoms. The summed E-state index contributed by atoms with van der Waals surface area (Å²) in [5, 5.41) is 3.97. The van der Waals surface area contributed by atoms with Gasteiger partial charge in [0, 0.05) is 11.4 Å². The molecular formula is C12H14N2OS. The lowest BCUT2D eigenvalue weighted by Gasteiger charge is -2.02. The number of hydrogen-bond donors (Lipinski definition) is 1. The molecule has 0 amide bonds. The summed E-state index contributed by atoms with van der Waals surface area (Å²) in [6, 6.07) is 8.41. The molecule has 0 fully saturated rings. The van der Waals surface area contributed by atoms with E-state index in [1.54, 1.807) is 12.5 Å². The molecule has 84 valence electrons. The fourth-order valence-corrected chi connectivity index (χ4v) is 2.00. The van der Waals surface area contributed by atoms with Crippen LogP contribution in [0.25, 0.3) is 0 Å². The van der Waals surface area contributed by atoms with Crippen molar-refractivity contribution in [2.24, 2.45) is 0 Å². The van der Waals surface area contributed by atoms with Gasteiger partial charge in [0.05, 0.1) is 6.20 Å². The van der Waals surface area contributed by atoms with Crippen LogP contribution in [0.4, 0.5) is 0 Å². The molecule has 0 bridgehead atoms. The van der Waals surface area contributed by atoms with Crippen molar-refractivity contribution >= 4 is 11.8 Å². The molecule has 0 spiro atoms. The fourth-order valence-electron chi connectivity index (χ4n) is 1.31. The molecule has 1 aromatic heterocycles. The van der Waals surface area contributed by atoms with E-state index in [0.29, 0.717) is 5.22 Å². The highest BCUT2D eigenvalue weighted by Gasteiger charge is 2.01. The fraction of sp³-hybridized carbons (Fsp3) is 0.250. The lowest BCUT2D eigenvalue weighted by Crippen LogP contribution is -2.11. The Morgan fingerprint density at radius 3 is 2.75 bits per heavy atom. The number of nitrogens with one attached hydrogen (secondary N) is 1. The summed E-state index contributed by atoms with van der Waals surface area (Å²) in [6.07, 6.45) is 3.24. The Hall–Kier alpha value is -1.26. The first-order valence-corrected chi connectivity index (χ1v) is 6.07. The standard InChI is InChI=1S/C12H14N2OS/c1-2-13-9-10-3-5-11(6-4-10)16-12-14-7-8-15-12/h3-8,13H,2,9H2,1H3. The van der Waals surface area contributed by atoms with Crippen LogP contribution in [0.1, 0.15) is 12.5 Å². The van der Waals surface area contributed by atoms with Gasteiger partial charge in [-0.1, -0.05) is 19.1 Å². The van der Waals surface area contributed by atoms with Crippen LogP contribution in [0.3, 0.4) is 0 Å². The number of oxazole rings is 1. The summed E-state index contributed by atoms with van der Waals surface area (Å²) >= 11 is 1.53. The van der Waals surface area contributed by atoms with Crippen LogP contribution in [0, 0.1) is 0 Å². The molecule has 0 saturated heterocycles. The maximum atomic E-state index is 5.17. The highest BCUT2D eigenvalue weighted by molar-refractivity contribution is 7.99. The van der Waals surface area contributed by atoms with Gasteiger partial charge >= 0.3 is 0 Å². The smallest absolute Gasteiger partial charge is 0.260 e. The van der Waals surface area contributed by atoms with Gasteiger partial charge in [0.15, 0.2) is 0 Å². The monoisotopic (exact) mass is 234 g/mol. The third kappa shape index (κ3) is 3.12. The lowest BCUT2D eigenvalue weighted by atomic mass is 10.2. The van der Waals surface area contributed by atoms with Gasteiger partial charge in [0.1, 0.15) is 6.26 Å². The van der Waals surface area contributed by atoms with Crippen LogP contribution in [-0.2, 0) is 6.54 Å². The molecule has 0 atom stereocenters. The Morgan fingerprint density at radius 1 is 1.31 bits per heavy atom. The summed E-state index contributed by atoms with van der Waals surface area (Å²) in [6.45, 7) is 4.01. The van der Waals surface area contributed by atoms with Crippen molar-refractivity contribution < 1.29 is 4.42 Å². The van der Waals surface area contributed by atoms with Crippen LogP contribution in [0.2, 0.25) is 0 Å². The molecule has 1 N–H and O–H groups in total. The van der Waals surface area contributed by atoms with Crippen LogP contribution >= 0.6 is 11.8 Å². The summed E-state index contributed by atoms with van der Waals surface area (Å²) in [7, 11) is 0. The van der Waals surface area contributed by atoms with Crippen LogP contribution < -0.4 is 5.32 Å². The van der Waals surface area contributed by atoms with E-state index in [0.717, 1.165) is 18.0 Å². The van der Waals surface area contributed by atoms with Gasteiger partial charge in [0.25, 0.3) is 5.22 Å². The lowest BCUT2D eigenvalue weighted by molar-refractivity contribution is 0.454. The maximum absolute atomic E-state index is 5.17. The van der Waals surface area contributed by atoms with Gasteiger partial charge in [-0.15, -0.1) is 0 Å². The number of nitrogens with zero attached hydrogens (tertiary/aromatic N) is 1. The molecule has 2 rings (SSSR count). The minimum absolute atomic E-state index is 0.680. The first-order chi connectivity index (χ1) is 7.88. The second-order valence-electron chi connectivity index (χ2n) is 3.32. The van der Waals surface area contributed by atoms with Gasteiger partial charge < -0.3 is 9.73 Å². The second-order valence-corrected chi connectivity index (χ2v) is 4.35. The van der Waals surface area contributed by atoms with Crippen molar-refractivity contribution in [3.8, 4) is 0 Å². The Labute approximate surface area is 99.3 Å². The molecule has 1 aromatic carbocycles. The highest BCUT2D eigenvalue weighted by Crippen LogP contribution is 2.25. The summed E-state index contributed by atoms with van der Waals surface area (Å²) < 4.78 is 5.17. The average Bonchev–Trinajstić information content (AvgIpc) is 2.81. The molecule has 3 nitrogen and oxygen atoms in total. The minimum atomic E-state index is 0.680. The molecule has 2 aromatic rings. The molecule has 0 saturated carbocycles. The topological polar surface area (TPSA) is 38.1 Å². The first-order valence-electron chi connectivity index (χ1n) is 5.25. The van der Waals surface area contributed by atoms with Crippen molar-refractivity contribution in [3.05, 3.63) is 42.3 Å². The maximum Gasteiger partial charge on any atom is 0.260 e. The van der Waals surface area contributed by atoms with E-state index in [2.05, 4.69) is 41.5 Å². The van der Waals surface area contributed by atoms with E-state index in [4.69, 9.17) is 4.42 Å². The number of rotatable bonds is 5. The SMILES string of the molecule is CCNCc1ccc(Sc2ncco2)cc1. The molecule has 0 aliphatic heterocycles. The first kappa shape index (κ1) is 11.2. The number of aromatic nitrogens is 1. The molecule has 4 heteroatoms.